The Hall–Kier alpha value is -3.46. The third-order valence-electron chi connectivity index (χ3n) is 7.01. The first-order valence-electron chi connectivity index (χ1n) is 16.5. The van der Waals surface area contributed by atoms with Crippen LogP contribution in [0.1, 0.15) is 25.0 Å². The molecule has 0 aromatic heterocycles. The number of hydrogen-bond donors (Lipinski definition) is 0. The lowest BCUT2D eigenvalue weighted by atomic mass is 10.0. The van der Waals surface area contributed by atoms with E-state index in [1.807, 2.05) is 121 Å². The van der Waals surface area contributed by atoms with Crippen LogP contribution in [-0.2, 0) is 74.0 Å². The first-order valence-corrected chi connectivity index (χ1v) is 18.3. The molecule has 4 aromatic rings. The van der Waals surface area contributed by atoms with Crippen molar-refractivity contribution in [2.24, 2.45) is 0 Å². The maximum absolute atomic E-state index is 12.9. The average molecular weight is 701 g/mol. The first kappa shape index (κ1) is 34.4. The Balaban J connectivity index is 1.76. The van der Waals surface area contributed by atoms with E-state index in [9.17, 15) is 16.8 Å². The molecule has 48 heavy (non-hydrogen) atoms. The lowest BCUT2D eigenvalue weighted by Crippen LogP contribution is -2.52. The molecule has 0 aliphatic heterocycles. The topological polar surface area (TPSA) is 124 Å². The minimum Gasteiger partial charge on any atom is -0.374 e. The predicted molar refractivity (Wildman–Crippen MR) is 182 cm³/mol. The van der Waals surface area contributed by atoms with Crippen LogP contribution in [0.3, 0.4) is 0 Å². The Bertz CT molecular complexity index is 1740. The van der Waals surface area contributed by atoms with Crippen molar-refractivity contribution in [2.75, 3.05) is 25.7 Å². The molecule has 0 saturated carbocycles. The molecule has 0 aliphatic carbocycles. The Morgan fingerprint density at radius 3 is 1.33 bits per heavy atom. The summed E-state index contributed by atoms with van der Waals surface area (Å²) in [6.45, 7) is -0.796. The molecule has 4 rings (SSSR count). The van der Waals surface area contributed by atoms with Gasteiger partial charge in [-0.3, -0.25) is 8.37 Å². The van der Waals surface area contributed by atoms with Crippen LogP contribution < -0.4 is 0 Å². The highest BCUT2D eigenvalue weighted by atomic mass is 32.2. The third-order valence-corrected chi connectivity index (χ3v) is 8.05. The van der Waals surface area contributed by atoms with Crippen LogP contribution in [-0.4, -0.2) is 66.9 Å². The van der Waals surface area contributed by atoms with Crippen molar-refractivity contribution in [2.45, 2.75) is 50.8 Å². The number of ether oxygens (including phenoxy) is 4. The second-order valence-electron chi connectivity index (χ2n) is 10.9. The second kappa shape index (κ2) is 18.9. The van der Waals surface area contributed by atoms with Gasteiger partial charge in [0.2, 0.25) is 0 Å². The summed E-state index contributed by atoms with van der Waals surface area (Å²) in [6, 6.07) is 36.7. The standard InChI is InChI=1S/C36H42O10S2/c1-47(37,38)45-28-33(42-24-30-17-9-4-10-18-30)35(43-25-31-19-11-5-12-20-31)36(44-26-32-21-13-6-14-22-32)34(46-48(2,39)40)27-41-23-29-15-7-3-8-16-29/h3-22,33-36H,23-28H2,1-2H3/t33-,34+,35+,36-/m0/s1/i1D,2D. The minimum absolute atomic E-state index is 0.00409. The highest BCUT2D eigenvalue weighted by Gasteiger charge is 2.41. The smallest absolute Gasteiger partial charge is 0.264 e. The van der Waals surface area contributed by atoms with E-state index in [1.54, 1.807) is 0 Å². The molecule has 0 saturated heterocycles. The van der Waals surface area contributed by atoms with Crippen LogP contribution in [0.15, 0.2) is 121 Å². The number of hydrogen-bond acceptors (Lipinski definition) is 10. The van der Waals surface area contributed by atoms with E-state index >= 15 is 0 Å². The van der Waals surface area contributed by atoms with Gasteiger partial charge in [-0.1, -0.05) is 121 Å². The third kappa shape index (κ3) is 14.0. The predicted octanol–water partition coefficient (Wildman–Crippen LogP) is 5.28. The monoisotopic (exact) mass is 700 g/mol. The van der Waals surface area contributed by atoms with Gasteiger partial charge in [0, 0.05) is 2.74 Å². The fraction of sp³-hybridized carbons (Fsp3) is 0.333. The first-order chi connectivity index (χ1) is 24.2. The Kier molecular flexibility index (Phi) is 13.6. The number of benzene rings is 4. The molecular weight excluding hydrogens is 657 g/mol. The van der Waals surface area contributed by atoms with E-state index < -0.39 is 63.7 Å². The van der Waals surface area contributed by atoms with Gasteiger partial charge in [0.1, 0.15) is 24.4 Å². The molecule has 0 radical (unpaired) electrons. The molecule has 4 atom stereocenters. The van der Waals surface area contributed by atoms with Crippen molar-refractivity contribution in [1.82, 2.24) is 0 Å². The molecule has 0 N–H and O–H groups in total. The SMILES string of the molecule is [2H]CS(=O)(=O)OC[C@H](OCc1ccccc1)[C@@H](OCc1ccccc1)[C@@H](OCc1ccccc1)[C@@H](COCc1ccccc1)OS(=O)(=O)C[2H]. The summed E-state index contributed by atoms with van der Waals surface area (Å²) in [4.78, 5) is 0. The molecule has 4 aromatic carbocycles. The fourth-order valence-corrected chi connectivity index (χ4v) is 5.66. The fourth-order valence-electron chi connectivity index (χ4n) is 4.78. The maximum atomic E-state index is 12.9. The van der Waals surface area contributed by atoms with E-state index in [0.29, 0.717) is 0 Å². The van der Waals surface area contributed by atoms with Crippen molar-refractivity contribution in [3.05, 3.63) is 144 Å². The summed E-state index contributed by atoms with van der Waals surface area (Å²) >= 11 is 0. The summed E-state index contributed by atoms with van der Waals surface area (Å²) in [6.07, 6.45) is -7.17. The van der Waals surface area contributed by atoms with Gasteiger partial charge in [-0.15, -0.1) is 0 Å². The maximum Gasteiger partial charge on any atom is 0.264 e. The van der Waals surface area contributed by atoms with Crippen molar-refractivity contribution in [1.29, 1.82) is 0 Å². The van der Waals surface area contributed by atoms with E-state index in [1.165, 1.54) is 0 Å². The largest absolute Gasteiger partial charge is 0.374 e. The summed E-state index contributed by atoms with van der Waals surface area (Å²) in [7, 11) is -8.67. The summed E-state index contributed by atoms with van der Waals surface area (Å²) in [5.41, 5.74) is 3.10. The van der Waals surface area contributed by atoms with E-state index in [-0.39, 0.29) is 33.0 Å². The Morgan fingerprint density at radius 1 is 0.500 bits per heavy atom. The van der Waals surface area contributed by atoms with Crippen molar-refractivity contribution >= 4 is 20.2 Å². The zero-order chi connectivity index (χ0) is 35.7. The molecule has 0 aliphatic rings. The van der Waals surface area contributed by atoms with Gasteiger partial charge >= 0.3 is 0 Å². The van der Waals surface area contributed by atoms with Gasteiger partial charge in [0.15, 0.2) is 0 Å². The minimum atomic E-state index is -4.40. The average Bonchev–Trinajstić information content (AvgIpc) is 3.14. The van der Waals surface area contributed by atoms with Gasteiger partial charge in [0.25, 0.3) is 20.2 Å². The van der Waals surface area contributed by atoms with Crippen LogP contribution in [0.4, 0.5) is 0 Å². The molecule has 0 unspecified atom stereocenters. The van der Waals surface area contributed by atoms with Crippen molar-refractivity contribution in [3.8, 4) is 0 Å². The van der Waals surface area contributed by atoms with Crippen LogP contribution in [0.25, 0.3) is 0 Å². The number of rotatable bonds is 21. The molecule has 12 heteroatoms. The van der Waals surface area contributed by atoms with Crippen LogP contribution in [0.5, 0.6) is 0 Å². The summed E-state index contributed by atoms with van der Waals surface area (Å²) < 4.78 is 102. The quantitative estimate of drug-likeness (QED) is 0.106. The zero-order valence-electron chi connectivity index (χ0n) is 28.4. The van der Waals surface area contributed by atoms with Gasteiger partial charge in [0.05, 0.1) is 52.1 Å². The zero-order valence-corrected chi connectivity index (χ0v) is 28.0. The Labute approximate surface area is 286 Å². The van der Waals surface area contributed by atoms with Crippen LogP contribution in [0.2, 0.25) is 0 Å². The van der Waals surface area contributed by atoms with Gasteiger partial charge in [-0.2, -0.15) is 16.8 Å². The molecule has 0 heterocycles. The Morgan fingerprint density at radius 2 is 0.896 bits per heavy atom. The lowest BCUT2D eigenvalue weighted by molar-refractivity contribution is -0.187. The highest BCUT2D eigenvalue weighted by molar-refractivity contribution is 7.86. The lowest BCUT2D eigenvalue weighted by Gasteiger charge is -2.37. The second-order valence-corrected chi connectivity index (χ2v) is 13.6. The molecule has 10 nitrogen and oxygen atoms in total. The molecule has 0 bridgehead atoms. The highest BCUT2D eigenvalue weighted by Crippen LogP contribution is 2.24. The molecule has 0 spiro atoms. The molecule has 0 amide bonds. The molecule has 0 fully saturated rings. The van der Waals surface area contributed by atoms with E-state index in [4.69, 9.17) is 30.1 Å². The van der Waals surface area contributed by atoms with Crippen molar-refractivity contribution < 1.29 is 46.9 Å². The molecule has 258 valence electrons. The van der Waals surface area contributed by atoms with Crippen LogP contribution >= 0.6 is 0 Å². The van der Waals surface area contributed by atoms with Gasteiger partial charge in [-0.25, -0.2) is 0 Å². The van der Waals surface area contributed by atoms with E-state index in [2.05, 4.69) is 0 Å². The summed E-state index contributed by atoms with van der Waals surface area (Å²) in [5, 5.41) is 0. The van der Waals surface area contributed by atoms with Gasteiger partial charge in [-0.05, 0) is 22.3 Å². The van der Waals surface area contributed by atoms with Gasteiger partial charge < -0.3 is 18.9 Å². The van der Waals surface area contributed by atoms with Crippen LogP contribution in [0, 0.1) is 0 Å². The van der Waals surface area contributed by atoms with E-state index in [0.717, 1.165) is 22.3 Å². The summed E-state index contributed by atoms with van der Waals surface area (Å²) in [5.74, 6) is 0. The molecular formula is C36H42O10S2. The van der Waals surface area contributed by atoms with Crippen molar-refractivity contribution in [3.63, 3.8) is 0 Å². The normalized spacial score (nSPS) is 15.2.